The Morgan fingerprint density at radius 3 is 2.89 bits per heavy atom. The van der Waals surface area contributed by atoms with Crippen LogP contribution in [0.25, 0.3) is 10.2 Å². The van der Waals surface area contributed by atoms with Gasteiger partial charge in [0.2, 0.25) is 5.28 Å². The second-order valence-corrected chi connectivity index (χ2v) is 6.51. The number of pyridine rings is 1. The molecule has 0 aliphatic carbocycles. The van der Waals surface area contributed by atoms with E-state index >= 15 is 0 Å². The largest absolute Gasteiger partial charge is 0.248 e. The predicted molar refractivity (Wildman–Crippen MR) is 78.5 cm³/mol. The molecule has 0 radical (unpaired) electrons. The van der Waals surface area contributed by atoms with Gasteiger partial charge in [0.1, 0.15) is 14.9 Å². The van der Waals surface area contributed by atoms with Crippen LogP contribution >= 0.6 is 50.6 Å². The molecule has 18 heavy (non-hydrogen) atoms. The average molecular weight is 359 g/mol. The maximum atomic E-state index is 5.92. The molecule has 7 heteroatoms. The molecule has 90 valence electrons. The van der Waals surface area contributed by atoms with Gasteiger partial charge in [-0.25, -0.2) is 15.0 Å². The van der Waals surface area contributed by atoms with E-state index in [1.165, 1.54) is 11.8 Å². The van der Waals surface area contributed by atoms with Crippen LogP contribution in [0.4, 0.5) is 0 Å². The van der Waals surface area contributed by atoms with Crippen molar-refractivity contribution >= 4 is 60.8 Å². The molecule has 3 nitrogen and oxygen atoms in total. The second kappa shape index (κ2) is 5.13. The van der Waals surface area contributed by atoms with Crippen LogP contribution in [0.1, 0.15) is 0 Å². The van der Waals surface area contributed by atoms with Crippen molar-refractivity contribution in [2.45, 2.75) is 10.1 Å². The molecular formula is C11H5BrClN3S2. The number of rotatable bonds is 2. The maximum Gasteiger partial charge on any atom is 0.224 e. The molecular weight excluding hydrogens is 354 g/mol. The zero-order valence-corrected chi connectivity index (χ0v) is 12.8. The average Bonchev–Trinajstić information content (AvgIpc) is 2.80. The van der Waals surface area contributed by atoms with Crippen molar-refractivity contribution in [1.29, 1.82) is 0 Å². The monoisotopic (exact) mass is 357 g/mol. The van der Waals surface area contributed by atoms with Crippen molar-refractivity contribution in [3.63, 3.8) is 0 Å². The predicted octanol–water partition coefficient (Wildman–Crippen LogP) is 4.65. The number of thiophene rings is 1. The summed E-state index contributed by atoms with van der Waals surface area (Å²) < 4.78 is 0.952. The molecule has 0 saturated carbocycles. The van der Waals surface area contributed by atoms with Crippen LogP contribution in [0.3, 0.4) is 0 Å². The lowest BCUT2D eigenvalue weighted by atomic mass is 10.4. The Labute approximate surface area is 125 Å². The fourth-order valence-corrected chi connectivity index (χ4v) is 3.58. The maximum absolute atomic E-state index is 5.92. The molecule has 0 saturated heterocycles. The summed E-state index contributed by atoms with van der Waals surface area (Å²) in [7, 11) is 0. The number of fused-ring (bicyclic) bond motifs is 1. The Balaban J connectivity index is 2.03. The van der Waals surface area contributed by atoms with E-state index in [0.717, 1.165) is 24.7 Å². The smallest absolute Gasteiger partial charge is 0.224 e. The molecule has 0 atom stereocenters. The van der Waals surface area contributed by atoms with E-state index in [1.54, 1.807) is 17.5 Å². The van der Waals surface area contributed by atoms with Gasteiger partial charge in [-0.15, -0.1) is 11.3 Å². The number of halogens is 2. The Bertz CT molecular complexity index is 699. The van der Waals surface area contributed by atoms with Gasteiger partial charge in [-0.2, -0.15) is 0 Å². The molecule has 0 spiro atoms. The van der Waals surface area contributed by atoms with E-state index in [2.05, 4.69) is 30.9 Å². The molecule has 0 aromatic carbocycles. The molecule has 0 amide bonds. The molecule has 0 bridgehead atoms. The number of aromatic nitrogens is 3. The van der Waals surface area contributed by atoms with Crippen molar-refractivity contribution < 1.29 is 0 Å². The number of nitrogens with zero attached hydrogens (tertiary/aromatic N) is 3. The molecule has 3 rings (SSSR count). The van der Waals surface area contributed by atoms with E-state index in [4.69, 9.17) is 11.6 Å². The lowest BCUT2D eigenvalue weighted by Gasteiger charge is -2.02. The van der Waals surface area contributed by atoms with Crippen LogP contribution in [-0.4, -0.2) is 15.0 Å². The van der Waals surface area contributed by atoms with Gasteiger partial charge in [0.05, 0.1) is 0 Å². The highest BCUT2D eigenvalue weighted by Gasteiger charge is 2.10. The zero-order chi connectivity index (χ0) is 12.5. The van der Waals surface area contributed by atoms with E-state index in [0.29, 0.717) is 0 Å². The van der Waals surface area contributed by atoms with Crippen molar-refractivity contribution in [2.24, 2.45) is 0 Å². The Morgan fingerprint density at radius 2 is 2.11 bits per heavy atom. The molecule has 0 aliphatic heterocycles. The number of hydrogen-bond donors (Lipinski definition) is 0. The van der Waals surface area contributed by atoms with Crippen molar-refractivity contribution in [3.8, 4) is 0 Å². The normalized spacial score (nSPS) is 11.0. The molecule has 3 aromatic heterocycles. The van der Waals surface area contributed by atoms with E-state index in [1.807, 2.05) is 23.6 Å². The highest BCUT2D eigenvalue weighted by Crippen LogP contribution is 2.33. The fraction of sp³-hybridized carbons (Fsp3) is 0. The molecule has 3 heterocycles. The minimum absolute atomic E-state index is 0.268. The zero-order valence-electron chi connectivity index (χ0n) is 8.80. The molecule has 0 N–H and O–H groups in total. The topological polar surface area (TPSA) is 38.7 Å². The molecule has 0 aliphatic rings. The third-order valence-corrected chi connectivity index (χ3v) is 4.56. The van der Waals surface area contributed by atoms with Crippen LogP contribution in [0, 0.1) is 0 Å². The van der Waals surface area contributed by atoms with E-state index < -0.39 is 0 Å². The minimum atomic E-state index is 0.268. The van der Waals surface area contributed by atoms with E-state index in [9.17, 15) is 0 Å². The van der Waals surface area contributed by atoms with Crippen LogP contribution in [0.2, 0.25) is 5.28 Å². The van der Waals surface area contributed by atoms with Crippen LogP contribution in [0.15, 0.2) is 44.3 Å². The summed E-state index contributed by atoms with van der Waals surface area (Å²) in [6.07, 6.45) is 1.76. The van der Waals surface area contributed by atoms with E-state index in [-0.39, 0.29) is 5.28 Å². The lowest BCUT2D eigenvalue weighted by Crippen LogP contribution is -1.87. The Hall–Kier alpha value is -0.690. The summed E-state index contributed by atoms with van der Waals surface area (Å²) in [6, 6.07) is 5.88. The van der Waals surface area contributed by atoms with Crippen molar-refractivity contribution in [1.82, 2.24) is 15.0 Å². The highest BCUT2D eigenvalue weighted by molar-refractivity contribution is 9.10. The van der Waals surface area contributed by atoms with Crippen LogP contribution < -0.4 is 0 Å². The lowest BCUT2D eigenvalue weighted by molar-refractivity contribution is 1.08. The summed E-state index contributed by atoms with van der Waals surface area (Å²) in [5.41, 5.74) is 0. The third kappa shape index (κ3) is 2.51. The molecule has 3 aromatic rings. The summed E-state index contributed by atoms with van der Waals surface area (Å²) in [5.74, 6) is 0. The van der Waals surface area contributed by atoms with Gasteiger partial charge in [0.15, 0.2) is 0 Å². The van der Waals surface area contributed by atoms with Gasteiger partial charge in [-0.1, -0.05) is 0 Å². The molecule has 0 fully saturated rings. The SMILES string of the molecule is Clc1nc(Sc2ccc(Br)cn2)c2ccsc2n1. The van der Waals surface area contributed by atoms with Gasteiger partial charge < -0.3 is 0 Å². The van der Waals surface area contributed by atoms with Gasteiger partial charge >= 0.3 is 0 Å². The van der Waals surface area contributed by atoms with Crippen LogP contribution in [-0.2, 0) is 0 Å². The highest BCUT2D eigenvalue weighted by atomic mass is 79.9. The Kier molecular flexibility index (Phi) is 3.52. The second-order valence-electron chi connectivity index (χ2n) is 3.35. The van der Waals surface area contributed by atoms with Gasteiger partial charge in [0.25, 0.3) is 0 Å². The molecule has 0 unspecified atom stereocenters. The quantitative estimate of drug-likeness (QED) is 0.493. The van der Waals surface area contributed by atoms with Crippen molar-refractivity contribution in [2.75, 3.05) is 0 Å². The summed E-state index contributed by atoms with van der Waals surface area (Å²) >= 11 is 12.3. The summed E-state index contributed by atoms with van der Waals surface area (Å²) in [6.45, 7) is 0. The van der Waals surface area contributed by atoms with Crippen LogP contribution in [0.5, 0.6) is 0 Å². The minimum Gasteiger partial charge on any atom is -0.248 e. The first kappa shape index (κ1) is 12.3. The number of hydrogen-bond acceptors (Lipinski definition) is 5. The summed E-state index contributed by atoms with van der Waals surface area (Å²) in [4.78, 5) is 13.7. The van der Waals surface area contributed by atoms with Gasteiger partial charge in [-0.05, 0) is 62.9 Å². The van der Waals surface area contributed by atoms with Crippen molar-refractivity contribution in [3.05, 3.63) is 39.5 Å². The fourth-order valence-electron chi connectivity index (χ4n) is 1.40. The first-order valence-electron chi connectivity index (χ1n) is 4.92. The third-order valence-electron chi connectivity index (χ3n) is 2.16. The first-order chi connectivity index (χ1) is 8.72. The van der Waals surface area contributed by atoms with Gasteiger partial charge in [0, 0.05) is 16.1 Å². The summed E-state index contributed by atoms with van der Waals surface area (Å²) in [5, 5.41) is 4.97. The Morgan fingerprint density at radius 1 is 1.22 bits per heavy atom. The van der Waals surface area contributed by atoms with Gasteiger partial charge in [-0.3, -0.25) is 0 Å². The first-order valence-corrected chi connectivity index (χ1v) is 7.79. The standard InChI is InChI=1S/C11H5BrClN3S2/c12-6-1-2-8(14-5-6)18-10-7-3-4-17-9(7)15-11(13)16-10/h1-5H.